The molecular formula is C21H25N3O4. The van der Waals surface area contributed by atoms with E-state index < -0.39 is 5.92 Å². The van der Waals surface area contributed by atoms with Gasteiger partial charge in [0, 0.05) is 25.7 Å². The molecule has 1 aromatic carbocycles. The van der Waals surface area contributed by atoms with Crippen LogP contribution in [0.5, 0.6) is 0 Å². The Balaban J connectivity index is 1.55. The molecule has 28 heavy (non-hydrogen) atoms. The SMILES string of the molecule is Cc1cccc(C)c1NC(=O)CN(C)C(=O)C1CC(=O)N(Cc2ccco2)C1. The van der Waals surface area contributed by atoms with E-state index in [0.717, 1.165) is 16.8 Å². The first-order valence-corrected chi connectivity index (χ1v) is 9.26. The van der Waals surface area contributed by atoms with Crippen LogP contribution in [0.15, 0.2) is 41.0 Å². The number of benzene rings is 1. The smallest absolute Gasteiger partial charge is 0.243 e. The molecule has 1 saturated heterocycles. The third kappa shape index (κ3) is 4.42. The number of carbonyl (C=O) groups excluding carboxylic acids is 3. The van der Waals surface area contributed by atoms with Crippen molar-refractivity contribution in [1.29, 1.82) is 0 Å². The van der Waals surface area contributed by atoms with Crippen molar-refractivity contribution in [2.75, 3.05) is 25.5 Å². The number of hydrogen-bond acceptors (Lipinski definition) is 4. The van der Waals surface area contributed by atoms with Crippen LogP contribution in [-0.4, -0.2) is 47.7 Å². The Morgan fingerprint density at radius 1 is 1.21 bits per heavy atom. The number of para-hydroxylation sites is 1. The van der Waals surface area contributed by atoms with E-state index in [1.54, 1.807) is 30.3 Å². The maximum atomic E-state index is 12.7. The van der Waals surface area contributed by atoms with Crippen LogP contribution in [0.3, 0.4) is 0 Å². The monoisotopic (exact) mass is 383 g/mol. The number of hydrogen-bond donors (Lipinski definition) is 1. The molecular weight excluding hydrogens is 358 g/mol. The number of carbonyl (C=O) groups is 3. The van der Waals surface area contributed by atoms with Crippen LogP contribution in [-0.2, 0) is 20.9 Å². The van der Waals surface area contributed by atoms with Gasteiger partial charge in [0.2, 0.25) is 17.7 Å². The topological polar surface area (TPSA) is 82.9 Å². The molecule has 0 aliphatic carbocycles. The summed E-state index contributed by atoms with van der Waals surface area (Å²) < 4.78 is 5.27. The van der Waals surface area contributed by atoms with Crippen LogP contribution in [0.25, 0.3) is 0 Å². The molecule has 3 rings (SSSR count). The van der Waals surface area contributed by atoms with Gasteiger partial charge in [-0.2, -0.15) is 0 Å². The van der Waals surface area contributed by atoms with Crippen LogP contribution < -0.4 is 5.32 Å². The molecule has 3 amide bonds. The normalized spacial score (nSPS) is 16.3. The lowest BCUT2D eigenvalue weighted by Gasteiger charge is -2.21. The highest BCUT2D eigenvalue weighted by Crippen LogP contribution is 2.23. The highest BCUT2D eigenvalue weighted by atomic mass is 16.3. The van der Waals surface area contributed by atoms with Crippen LogP contribution >= 0.6 is 0 Å². The third-order valence-corrected chi connectivity index (χ3v) is 4.99. The second-order valence-corrected chi connectivity index (χ2v) is 7.26. The largest absolute Gasteiger partial charge is 0.467 e. The zero-order chi connectivity index (χ0) is 20.3. The maximum Gasteiger partial charge on any atom is 0.243 e. The molecule has 1 fully saturated rings. The quantitative estimate of drug-likeness (QED) is 0.830. The van der Waals surface area contributed by atoms with E-state index in [0.29, 0.717) is 18.8 Å². The number of nitrogens with one attached hydrogen (secondary N) is 1. The third-order valence-electron chi connectivity index (χ3n) is 4.99. The Labute approximate surface area is 164 Å². The van der Waals surface area contributed by atoms with E-state index in [-0.39, 0.29) is 30.7 Å². The summed E-state index contributed by atoms with van der Waals surface area (Å²) in [6.07, 6.45) is 1.71. The average Bonchev–Trinajstić information content (AvgIpc) is 3.28. The van der Waals surface area contributed by atoms with E-state index in [9.17, 15) is 14.4 Å². The first-order valence-electron chi connectivity index (χ1n) is 9.26. The van der Waals surface area contributed by atoms with E-state index in [4.69, 9.17) is 4.42 Å². The van der Waals surface area contributed by atoms with Crippen LogP contribution in [0.4, 0.5) is 5.69 Å². The predicted molar refractivity (Wildman–Crippen MR) is 104 cm³/mol. The molecule has 1 unspecified atom stereocenters. The fourth-order valence-corrected chi connectivity index (χ4v) is 3.48. The Bertz CT molecular complexity index is 856. The predicted octanol–water partition coefficient (Wildman–Crippen LogP) is 2.34. The summed E-state index contributed by atoms with van der Waals surface area (Å²) in [7, 11) is 1.59. The summed E-state index contributed by atoms with van der Waals surface area (Å²) in [5.41, 5.74) is 2.71. The van der Waals surface area contributed by atoms with Gasteiger partial charge in [-0.1, -0.05) is 18.2 Å². The second kappa shape index (κ2) is 8.29. The van der Waals surface area contributed by atoms with Gasteiger partial charge in [-0.15, -0.1) is 0 Å². The fraction of sp³-hybridized carbons (Fsp3) is 0.381. The molecule has 1 atom stereocenters. The lowest BCUT2D eigenvalue weighted by Crippen LogP contribution is -2.39. The first-order chi connectivity index (χ1) is 13.3. The zero-order valence-corrected chi connectivity index (χ0v) is 16.4. The fourth-order valence-electron chi connectivity index (χ4n) is 3.48. The highest BCUT2D eigenvalue weighted by molar-refractivity contribution is 5.97. The Morgan fingerprint density at radius 3 is 2.57 bits per heavy atom. The number of rotatable bonds is 6. The average molecular weight is 383 g/mol. The minimum atomic E-state index is -0.444. The van der Waals surface area contributed by atoms with E-state index >= 15 is 0 Å². The van der Waals surface area contributed by atoms with Crippen LogP contribution in [0.1, 0.15) is 23.3 Å². The Hall–Kier alpha value is -3.09. The molecule has 7 heteroatoms. The molecule has 0 saturated carbocycles. The van der Waals surface area contributed by atoms with Gasteiger partial charge in [-0.25, -0.2) is 0 Å². The lowest BCUT2D eigenvalue weighted by molar-refractivity contribution is -0.137. The van der Waals surface area contributed by atoms with Gasteiger partial charge >= 0.3 is 0 Å². The minimum Gasteiger partial charge on any atom is -0.467 e. The van der Waals surface area contributed by atoms with Crippen LogP contribution in [0, 0.1) is 19.8 Å². The van der Waals surface area contributed by atoms with Crippen molar-refractivity contribution in [1.82, 2.24) is 9.80 Å². The van der Waals surface area contributed by atoms with Crippen molar-refractivity contribution >= 4 is 23.4 Å². The molecule has 7 nitrogen and oxygen atoms in total. The van der Waals surface area contributed by atoms with Gasteiger partial charge in [-0.3, -0.25) is 14.4 Å². The van der Waals surface area contributed by atoms with Gasteiger partial charge in [-0.05, 0) is 37.1 Å². The van der Waals surface area contributed by atoms with Crippen molar-refractivity contribution in [3.8, 4) is 0 Å². The Morgan fingerprint density at radius 2 is 1.93 bits per heavy atom. The summed E-state index contributed by atoms with van der Waals surface area (Å²) in [6, 6.07) is 9.35. The number of likely N-dealkylation sites (tertiary alicyclic amines) is 1. The summed E-state index contributed by atoms with van der Waals surface area (Å²) in [4.78, 5) is 40.3. The summed E-state index contributed by atoms with van der Waals surface area (Å²) in [5, 5.41) is 2.88. The van der Waals surface area contributed by atoms with Crippen molar-refractivity contribution in [3.63, 3.8) is 0 Å². The standard InChI is InChI=1S/C21H25N3O4/c1-14-6-4-7-15(2)20(14)22-18(25)13-23(3)21(27)16-10-19(26)24(11-16)12-17-8-5-9-28-17/h4-9,16H,10-13H2,1-3H3,(H,22,25). The molecule has 1 aliphatic heterocycles. The lowest BCUT2D eigenvalue weighted by atomic mass is 10.1. The minimum absolute atomic E-state index is 0.0600. The first kappa shape index (κ1) is 19.7. The molecule has 1 N–H and O–H groups in total. The molecule has 2 heterocycles. The van der Waals surface area contributed by atoms with Gasteiger partial charge in [0.25, 0.3) is 0 Å². The van der Waals surface area contributed by atoms with Crippen molar-refractivity contribution in [2.45, 2.75) is 26.8 Å². The molecule has 1 aromatic heterocycles. The van der Waals surface area contributed by atoms with Gasteiger partial charge in [0.1, 0.15) is 5.76 Å². The van der Waals surface area contributed by atoms with E-state index in [1.165, 1.54) is 4.90 Å². The molecule has 1 aliphatic rings. The number of likely N-dealkylation sites (N-methyl/N-ethyl adjacent to an activating group) is 1. The molecule has 0 spiro atoms. The van der Waals surface area contributed by atoms with E-state index in [2.05, 4.69) is 5.32 Å². The van der Waals surface area contributed by atoms with Gasteiger partial charge < -0.3 is 19.5 Å². The van der Waals surface area contributed by atoms with E-state index in [1.807, 2.05) is 32.0 Å². The number of nitrogens with zero attached hydrogens (tertiary/aromatic N) is 2. The number of anilines is 1. The Kier molecular flexibility index (Phi) is 5.82. The van der Waals surface area contributed by atoms with Gasteiger partial charge in [0.15, 0.2) is 0 Å². The molecule has 148 valence electrons. The number of aryl methyl sites for hydroxylation is 2. The van der Waals surface area contributed by atoms with Crippen LogP contribution in [0.2, 0.25) is 0 Å². The summed E-state index contributed by atoms with van der Waals surface area (Å²) >= 11 is 0. The van der Waals surface area contributed by atoms with Crippen molar-refractivity contribution in [3.05, 3.63) is 53.5 Å². The zero-order valence-electron chi connectivity index (χ0n) is 16.4. The summed E-state index contributed by atoms with van der Waals surface area (Å²) in [6.45, 7) is 4.48. The second-order valence-electron chi connectivity index (χ2n) is 7.26. The van der Waals surface area contributed by atoms with Crippen molar-refractivity contribution in [2.24, 2.45) is 5.92 Å². The molecule has 0 radical (unpaired) electrons. The number of amides is 3. The van der Waals surface area contributed by atoms with Gasteiger partial charge in [0.05, 0.1) is 25.3 Å². The molecule has 0 bridgehead atoms. The number of furan rings is 1. The highest BCUT2D eigenvalue weighted by Gasteiger charge is 2.36. The van der Waals surface area contributed by atoms with Crippen molar-refractivity contribution < 1.29 is 18.8 Å². The molecule has 2 aromatic rings. The summed E-state index contributed by atoms with van der Waals surface area (Å²) in [5.74, 6) is -0.302. The maximum absolute atomic E-state index is 12.7.